The zero-order chi connectivity index (χ0) is 24.3. The Morgan fingerprint density at radius 3 is 2.42 bits per heavy atom. The predicted molar refractivity (Wildman–Crippen MR) is 145 cm³/mol. The number of amides is 1. The van der Waals surface area contributed by atoms with E-state index in [-0.39, 0.29) is 11.9 Å². The molecule has 1 aliphatic carbocycles. The second-order valence-corrected chi connectivity index (χ2v) is 9.96. The number of nitrogens with zero attached hydrogens (tertiary/aromatic N) is 2. The molecular weight excluding hydrogens is 444 g/mol. The van der Waals surface area contributed by atoms with E-state index in [0.29, 0.717) is 5.56 Å². The summed E-state index contributed by atoms with van der Waals surface area (Å²) in [6.07, 6.45) is 7.07. The summed E-state index contributed by atoms with van der Waals surface area (Å²) in [5.41, 5.74) is 8.55. The van der Waals surface area contributed by atoms with Gasteiger partial charge in [0.05, 0.1) is 17.4 Å². The van der Waals surface area contributed by atoms with Gasteiger partial charge >= 0.3 is 0 Å². The van der Waals surface area contributed by atoms with Gasteiger partial charge in [-0.05, 0) is 85.5 Å². The average Bonchev–Trinajstić information content (AvgIpc) is 3.44. The minimum atomic E-state index is -0.0256. The van der Waals surface area contributed by atoms with Gasteiger partial charge in [-0.15, -0.1) is 0 Å². The van der Waals surface area contributed by atoms with E-state index in [1.54, 1.807) is 0 Å². The molecule has 4 aromatic rings. The highest BCUT2D eigenvalue weighted by molar-refractivity contribution is 5.95. The molecule has 2 aliphatic rings. The maximum atomic E-state index is 13.0. The van der Waals surface area contributed by atoms with Crippen LogP contribution in [0.5, 0.6) is 0 Å². The van der Waals surface area contributed by atoms with Crippen LogP contribution in [0.1, 0.15) is 59.6 Å². The first-order valence-electron chi connectivity index (χ1n) is 13.1. The molecule has 1 fully saturated rings. The number of aromatic nitrogens is 2. The standard InChI is InChI=1S/C31H32N4O/c36-31(32-28-10-6-8-22-7-2-3-9-27(22)28)25-13-11-23(12-14-25)29-21-30(34-33-29)24-15-17-26(18-16-24)35-19-4-1-5-20-35/h2-3,7,9,11-18,21,28H,1,4-6,8,10,19-20H2,(H,32,36)(H,33,34)/t28-/m0/s1. The Hall–Kier alpha value is -3.86. The van der Waals surface area contributed by atoms with Crippen LogP contribution in [0.25, 0.3) is 22.5 Å². The Balaban J connectivity index is 1.13. The van der Waals surface area contributed by atoms with Gasteiger partial charge in [-0.2, -0.15) is 5.10 Å². The van der Waals surface area contributed by atoms with Crippen LogP contribution in [-0.4, -0.2) is 29.2 Å². The van der Waals surface area contributed by atoms with Crippen molar-refractivity contribution in [1.82, 2.24) is 15.5 Å². The summed E-state index contributed by atoms with van der Waals surface area (Å²) < 4.78 is 0. The van der Waals surface area contributed by atoms with E-state index in [2.05, 4.69) is 75.0 Å². The van der Waals surface area contributed by atoms with Crippen LogP contribution in [0.2, 0.25) is 0 Å². The first-order valence-corrected chi connectivity index (χ1v) is 13.1. The molecule has 0 unspecified atom stereocenters. The molecule has 36 heavy (non-hydrogen) atoms. The van der Waals surface area contributed by atoms with Gasteiger partial charge in [0.1, 0.15) is 0 Å². The third-order valence-corrected chi connectivity index (χ3v) is 7.59. The lowest BCUT2D eigenvalue weighted by Crippen LogP contribution is -2.30. The fourth-order valence-corrected chi connectivity index (χ4v) is 5.56. The number of aromatic amines is 1. The van der Waals surface area contributed by atoms with Crippen LogP contribution in [-0.2, 0) is 6.42 Å². The number of carbonyl (C=O) groups is 1. The number of hydrogen-bond acceptors (Lipinski definition) is 3. The molecule has 5 nitrogen and oxygen atoms in total. The second-order valence-electron chi connectivity index (χ2n) is 9.96. The Kier molecular flexibility index (Phi) is 6.29. The maximum absolute atomic E-state index is 13.0. The number of aryl methyl sites for hydroxylation is 1. The minimum absolute atomic E-state index is 0.0256. The zero-order valence-electron chi connectivity index (χ0n) is 20.5. The first-order chi connectivity index (χ1) is 17.7. The van der Waals surface area contributed by atoms with Crippen molar-refractivity contribution in [3.8, 4) is 22.5 Å². The Bertz CT molecular complexity index is 1330. The van der Waals surface area contributed by atoms with Gasteiger partial charge in [0.15, 0.2) is 0 Å². The molecule has 1 saturated heterocycles. The number of piperidine rings is 1. The van der Waals surface area contributed by atoms with Gasteiger partial charge in [0, 0.05) is 29.9 Å². The van der Waals surface area contributed by atoms with E-state index in [1.165, 1.54) is 36.1 Å². The summed E-state index contributed by atoms with van der Waals surface area (Å²) >= 11 is 0. The van der Waals surface area contributed by atoms with Crippen LogP contribution < -0.4 is 10.2 Å². The third kappa shape index (κ3) is 4.66. The molecule has 0 radical (unpaired) electrons. The normalized spacial score (nSPS) is 17.4. The number of benzene rings is 3. The number of fused-ring (bicyclic) bond motifs is 1. The molecule has 0 bridgehead atoms. The maximum Gasteiger partial charge on any atom is 0.251 e. The van der Waals surface area contributed by atoms with Crippen molar-refractivity contribution in [3.63, 3.8) is 0 Å². The van der Waals surface area contributed by atoms with Crippen molar-refractivity contribution < 1.29 is 4.79 Å². The van der Waals surface area contributed by atoms with Gasteiger partial charge in [0.2, 0.25) is 0 Å². The van der Waals surface area contributed by atoms with Crippen LogP contribution in [0.15, 0.2) is 78.9 Å². The lowest BCUT2D eigenvalue weighted by atomic mass is 9.87. The quantitative estimate of drug-likeness (QED) is 0.344. The minimum Gasteiger partial charge on any atom is -0.372 e. The van der Waals surface area contributed by atoms with E-state index >= 15 is 0 Å². The van der Waals surface area contributed by atoms with E-state index < -0.39 is 0 Å². The molecule has 2 heterocycles. The summed E-state index contributed by atoms with van der Waals surface area (Å²) in [4.78, 5) is 15.4. The summed E-state index contributed by atoms with van der Waals surface area (Å²) in [7, 11) is 0. The fourth-order valence-electron chi connectivity index (χ4n) is 5.56. The van der Waals surface area contributed by atoms with E-state index in [1.807, 2.05) is 24.3 Å². The highest BCUT2D eigenvalue weighted by Crippen LogP contribution is 2.30. The van der Waals surface area contributed by atoms with Crippen molar-refractivity contribution >= 4 is 11.6 Å². The van der Waals surface area contributed by atoms with Crippen molar-refractivity contribution in [2.75, 3.05) is 18.0 Å². The fraction of sp³-hybridized carbons (Fsp3) is 0.290. The SMILES string of the molecule is O=C(N[C@H]1CCCc2ccccc21)c1ccc(-c2cc(-c3ccc(N4CCCCC4)cc3)n[nH]2)cc1. The van der Waals surface area contributed by atoms with Crippen LogP contribution >= 0.6 is 0 Å². The van der Waals surface area contributed by atoms with Gasteiger partial charge in [-0.3, -0.25) is 9.89 Å². The smallest absolute Gasteiger partial charge is 0.251 e. The van der Waals surface area contributed by atoms with Crippen molar-refractivity contribution in [2.45, 2.75) is 44.6 Å². The molecular formula is C31H32N4O. The van der Waals surface area contributed by atoms with Gasteiger partial charge < -0.3 is 10.2 Å². The Morgan fingerprint density at radius 2 is 1.61 bits per heavy atom. The summed E-state index contributed by atoms with van der Waals surface area (Å²) in [6.45, 7) is 2.29. The molecule has 1 aromatic heterocycles. The predicted octanol–water partition coefficient (Wildman–Crippen LogP) is 6.54. The van der Waals surface area contributed by atoms with Gasteiger partial charge in [-0.25, -0.2) is 0 Å². The number of carbonyl (C=O) groups excluding carboxylic acids is 1. The summed E-state index contributed by atoms with van der Waals surface area (Å²) in [6, 6.07) is 27.1. The Morgan fingerprint density at radius 1 is 0.861 bits per heavy atom. The molecule has 0 saturated carbocycles. The van der Waals surface area contributed by atoms with Crippen molar-refractivity contribution in [3.05, 3.63) is 95.6 Å². The zero-order valence-corrected chi connectivity index (χ0v) is 20.5. The van der Waals surface area contributed by atoms with Gasteiger partial charge in [-0.1, -0.05) is 48.5 Å². The number of H-pyrrole nitrogens is 1. The van der Waals surface area contributed by atoms with Crippen molar-refractivity contribution in [1.29, 1.82) is 0 Å². The lowest BCUT2D eigenvalue weighted by molar-refractivity contribution is 0.0933. The molecule has 1 aliphatic heterocycles. The molecule has 1 amide bonds. The first kappa shape index (κ1) is 22.6. The number of anilines is 1. The average molecular weight is 477 g/mol. The highest BCUT2D eigenvalue weighted by atomic mass is 16.1. The molecule has 2 N–H and O–H groups in total. The monoisotopic (exact) mass is 476 g/mol. The van der Waals surface area contributed by atoms with E-state index in [0.717, 1.165) is 54.9 Å². The van der Waals surface area contributed by atoms with Gasteiger partial charge in [0.25, 0.3) is 5.91 Å². The van der Waals surface area contributed by atoms with Crippen LogP contribution in [0.4, 0.5) is 5.69 Å². The summed E-state index contributed by atoms with van der Waals surface area (Å²) in [5.74, 6) is -0.0256. The largest absolute Gasteiger partial charge is 0.372 e. The topological polar surface area (TPSA) is 61.0 Å². The number of nitrogens with one attached hydrogen (secondary N) is 2. The Labute approximate surface area is 212 Å². The molecule has 182 valence electrons. The van der Waals surface area contributed by atoms with Crippen LogP contribution in [0, 0.1) is 0 Å². The molecule has 3 aromatic carbocycles. The third-order valence-electron chi connectivity index (χ3n) is 7.59. The number of rotatable bonds is 5. The summed E-state index contributed by atoms with van der Waals surface area (Å²) in [5, 5.41) is 10.9. The molecule has 0 spiro atoms. The van der Waals surface area contributed by atoms with Crippen LogP contribution in [0.3, 0.4) is 0 Å². The van der Waals surface area contributed by atoms with E-state index in [9.17, 15) is 4.79 Å². The van der Waals surface area contributed by atoms with Crippen molar-refractivity contribution in [2.24, 2.45) is 0 Å². The number of hydrogen-bond donors (Lipinski definition) is 2. The second kappa shape index (κ2) is 10.0. The lowest BCUT2D eigenvalue weighted by Gasteiger charge is -2.28. The van der Waals surface area contributed by atoms with E-state index in [4.69, 9.17) is 0 Å². The highest BCUT2D eigenvalue weighted by Gasteiger charge is 2.22. The molecule has 5 heteroatoms. The molecule has 6 rings (SSSR count). The molecule has 1 atom stereocenters.